The van der Waals surface area contributed by atoms with Crippen LogP contribution >= 0.6 is 0 Å². The van der Waals surface area contributed by atoms with Crippen LogP contribution in [-0.4, -0.2) is 20.2 Å². The number of ether oxygens (including phenoxy) is 1. The number of aromatic nitrogens is 4. The van der Waals surface area contributed by atoms with Gasteiger partial charge in [0.25, 0.3) is 0 Å². The third kappa shape index (κ3) is 2.36. The minimum atomic E-state index is 0.345. The Kier molecular flexibility index (Phi) is 2.85. The zero-order chi connectivity index (χ0) is 11.5. The number of hydrogen-bond acceptors (Lipinski definition) is 4. The Balaban J connectivity index is 2.04. The van der Waals surface area contributed by atoms with Gasteiger partial charge in [0.2, 0.25) is 5.82 Å². The molecule has 0 N–H and O–H groups in total. The van der Waals surface area contributed by atoms with E-state index < -0.39 is 0 Å². The van der Waals surface area contributed by atoms with Crippen molar-refractivity contribution in [3.05, 3.63) is 35.2 Å². The highest BCUT2D eigenvalue weighted by molar-refractivity contribution is 5.35. The first-order chi connectivity index (χ1) is 7.65. The summed E-state index contributed by atoms with van der Waals surface area (Å²) in [7, 11) is 1.73. The molecule has 0 aliphatic heterocycles. The molecule has 1 aromatic heterocycles. The monoisotopic (exact) mass is 218 g/mol. The van der Waals surface area contributed by atoms with E-state index >= 15 is 0 Å². The minimum absolute atomic E-state index is 0.345. The Morgan fingerprint density at radius 3 is 2.75 bits per heavy atom. The van der Waals surface area contributed by atoms with Crippen LogP contribution in [0, 0.1) is 13.8 Å². The molecule has 16 heavy (non-hydrogen) atoms. The summed E-state index contributed by atoms with van der Waals surface area (Å²) in [5, 5.41) is 11.6. The van der Waals surface area contributed by atoms with Crippen LogP contribution in [0.5, 0.6) is 5.75 Å². The van der Waals surface area contributed by atoms with E-state index in [4.69, 9.17) is 4.74 Å². The lowest BCUT2D eigenvalue weighted by molar-refractivity contribution is 0.293. The van der Waals surface area contributed by atoms with E-state index in [1.165, 1.54) is 10.4 Å². The average molecular weight is 218 g/mol. The lowest BCUT2D eigenvalue weighted by Gasteiger charge is -2.07. The van der Waals surface area contributed by atoms with Crippen molar-refractivity contribution in [2.45, 2.75) is 20.5 Å². The number of hydrogen-bond donors (Lipinski definition) is 0. The molecule has 0 radical (unpaired) electrons. The predicted octanol–water partition coefficient (Wildman–Crippen LogP) is 1.41. The van der Waals surface area contributed by atoms with Crippen LogP contribution in [0.3, 0.4) is 0 Å². The summed E-state index contributed by atoms with van der Waals surface area (Å²) in [5.74, 6) is 1.44. The normalized spacial score (nSPS) is 10.4. The lowest BCUT2D eigenvalue weighted by Crippen LogP contribution is -2.00. The first-order valence-corrected chi connectivity index (χ1v) is 5.08. The maximum absolute atomic E-state index is 5.61. The van der Waals surface area contributed by atoms with Gasteiger partial charge in [0.15, 0.2) is 6.61 Å². The van der Waals surface area contributed by atoms with Gasteiger partial charge >= 0.3 is 0 Å². The van der Waals surface area contributed by atoms with Gasteiger partial charge < -0.3 is 4.74 Å². The van der Waals surface area contributed by atoms with Gasteiger partial charge in [-0.2, -0.15) is 4.80 Å². The van der Waals surface area contributed by atoms with Crippen LogP contribution in [0.4, 0.5) is 0 Å². The first-order valence-electron chi connectivity index (χ1n) is 5.08. The van der Waals surface area contributed by atoms with Crippen LogP contribution in [0.2, 0.25) is 0 Å². The van der Waals surface area contributed by atoms with Crippen molar-refractivity contribution in [2.24, 2.45) is 7.05 Å². The Morgan fingerprint density at radius 2 is 2.12 bits per heavy atom. The van der Waals surface area contributed by atoms with Crippen molar-refractivity contribution < 1.29 is 4.74 Å². The number of nitrogens with zero attached hydrogens (tertiary/aromatic N) is 4. The van der Waals surface area contributed by atoms with Crippen LogP contribution in [-0.2, 0) is 13.7 Å². The predicted molar refractivity (Wildman–Crippen MR) is 59.0 cm³/mol. The zero-order valence-corrected chi connectivity index (χ0v) is 9.64. The molecule has 0 saturated carbocycles. The van der Waals surface area contributed by atoms with Gasteiger partial charge in [-0.3, -0.25) is 0 Å². The molecule has 0 saturated heterocycles. The van der Waals surface area contributed by atoms with Gasteiger partial charge in [-0.15, -0.1) is 10.2 Å². The molecule has 0 atom stereocenters. The van der Waals surface area contributed by atoms with Crippen molar-refractivity contribution >= 4 is 0 Å². The lowest BCUT2D eigenvalue weighted by atomic mass is 10.1. The average Bonchev–Trinajstić information content (AvgIpc) is 2.63. The molecule has 2 rings (SSSR count). The van der Waals surface area contributed by atoms with Crippen molar-refractivity contribution in [3.8, 4) is 5.75 Å². The molecule has 1 heterocycles. The van der Waals surface area contributed by atoms with Crippen LogP contribution in [0.1, 0.15) is 17.0 Å². The number of rotatable bonds is 3. The molecule has 0 aliphatic rings. The highest BCUT2D eigenvalue weighted by atomic mass is 16.5. The van der Waals surface area contributed by atoms with Gasteiger partial charge in [0.05, 0.1) is 7.05 Å². The fourth-order valence-corrected chi connectivity index (χ4v) is 1.48. The molecular formula is C11H14N4O. The molecule has 2 aromatic rings. The molecule has 5 heteroatoms. The molecule has 5 nitrogen and oxygen atoms in total. The fourth-order valence-electron chi connectivity index (χ4n) is 1.48. The van der Waals surface area contributed by atoms with Crippen molar-refractivity contribution in [1.82, 2.24) is 20.2 Å². The fraction of sp³-hybridized carbons (Fsp3) is 0.364. The summed E-state index contributed by atoms with van der Waals surface area (Å²) < 4.78 is 5.61. The quantitative estimate of drug-likeness (QED) is 0.781. The topological polar surface area (TPSA) is 52.8 Å². The summed E-state index contributed by atoms with van der Waals surface area (Å²) in [6.45, 7) is 4.42. The van der Waals surface area contributed by atoms with E-state index in [0.29, 0.717) is 12.4 Å². The number of tetrazole rings is 1. The molecule has 0 bridgehead atoms. The third-order valence-corrected chi connectivity index (χ3v) is 2.24. The van der Waals surface area contributed by atoms with Gasteiger partial charge in [-0.05, 0) is 30.7 Å². The third-order valence-electron chi connectivity index (χ3n) is 2.24. The van der Waals surface area contributed by atoms with Crippen LogP contribution < -0.4 is 4.74 Å². The van der Waals surface area contributed by atoms with E-state index in [1.54, 1.807) is 7.05 Å². The second-order valence-electron chi connectivity index (χ2n) is 3.75. The first kappa shape index (κ1) is 10.6. The maximum atomic E-state index is 5.61. The Morgan fingerprint density at radius 1 is 1.31 bits per heavy atom. The second-order valence-corrected chi connectivity index (χ2v) is 3.75. The maximum Gasteiger partial charge on any atom is 0.212 e. The van der Waals surface area contributed by atoms with Crippen molar-refractivity contribution in [1.29, 1.82) is 0 Å². The molecule has 84 valence electrons. The summed E-state index contributed by atoms with van der Waals surface area (Å²) in [4.78, 5) is 1.42. The van der Waals surface area contributed by atoms with E-state index in [0.717, 1.165) is 11.3 Å². The molecular weight excluding hydrogens is 204 g/mol. The molecule has 0 fully saturated rings. The van der Waals surface area contributed by atoms with Gasteiger partial charge in [-0.1, -0.05) is 17.7 Å². The molecule has 0 unspecified atom stereocenters. The molecule has 0 spiro atoms. The summed E-state index contributed by atoms with van der Waals surface area (Å²) in [5.41, 5.74) is 2.34. The van der Waals surface area contributed by atoms with E-state index in [9.17, 15) is 0 Å². The summed E-state index contributed by atoms with van der Waals surface area (Å²) in [6.07, 6.45) is 0. The summed E-state index contributed by atoms with van der Waals surface area (Å²) >= 11 is 0. The highest BCUT2D eigenvalue weighted by Gasteiger charge is 2.03. The smallest absolute Gasteiger partial charge is 0.212 e. The minimum Gasteiger partial charge on any atom is -0.485 e. The zero-order valence-electron chi connectivity index (χ0n) is 9.64. The highest BCUT2D eigenvalue weighted by Crippen LogP contribution is 2.19. The Bertz CT molecular complexity index is 492. The van der Waals surface area contributed by atoms with Gasteiger partial charge in [0, 0.05) is 0 Å². The number of aryl methyl sites for hydroxylation is 3. The van der Waals surface area contributed by atoms with Crippen molar-refractivity contribution in [3.63, 3.8) is 0 Å². The van der Waals surface area contributed by atoms with Crippen LogP contribution in [0.15, 0.2) is 18.2 Å². The van der Waals surface area contributed by atoms with Crippen molar-refractivity contribution in [2.75, 3.05) is 0 Å². The molecule has 0 amide bonds. The van der Waals surface area contributed by atoms with Gasteiger partial charge in [-0.25, -0.2) is 0 Å². The molecule has 0 aliphatic carbocycles. The largest absolute Gasteiger partial charge is 0.485 e. The van der Waals surface area contributed by atoms with E-state index in [-0.39, 0.29) is 0 Å². The van der Waals surface area contributed by atoms with E-state index in [1.807, 2.05) is 19.1 Å². The van der Waals surface area contributed by atoms with E-state index in [2.05, 4.69) is 28.4 Å². The van der Waals surface area contributed by atoms with Crippen LogP contribution in [0.25, 0.3) is 0 Å². The van der Waals surface area contributed by atoms with Gasteiger partial charge in [0.1, 0.15) is 5.75 Å². The molecule has 1 aromatic carbocycles. The Labute approximate surface area is 94.0 Å². The standard InChI is InChI=1S/C11H14N4O/c1-8-4-5-10(9(2)6-8)16-7-11-12-14-15(3)13-11/h4-6H,7H2,1-3H3. The number of benzene rings is 1. The SMILES string of the molecule is Cc1ccc(OCc2nnn(C)n2)c(C)c1. The summed E-state index contributed by atoms with van der Waals surface area (Å²) in [6, 6.07) is 6.06. The Hall–Kier alpha value is -1.91. The second kappa shape index (κ2) is 4.30.